The Morgan fingerprint density at radius 2 is 2.38 bits per heavy atom. The Hall–Kier alpha value is -0.490. The van der Waals surface area contributed by atoms with Gasteiger partial charge in [0.2, 0.25) is 0 Å². The Morgan fingerprint density at radius 3 is 2.77 bits per heavy atom. The van der Waals surface area contributed by atoms with E-state index in [2.05, 4.69) is 17.0 Å². The SMILES string of the molecule is CCCCOC(=S)C(F)(Cl)[N+](=O)[O-]. The minimum atomic E-state index is -3.29. The van der Waals surface area contributed by atoms with Crippen LogP contribution in [-0.4, -0.2) is 21.8 Å². The van der Waals surface area contributed by atoms with Gasteiger partial charge in [0, 0.05) is 11.6 Å². The van der Waals surface area contributed by atoms with Crippen molar-refractivity contribution in [2.75, 3.05) is 6.61 Å². The highest BCUT2D eigenvalue weighted by Crippen LogP contribution is 2.21. The van der Waals surface area contributed by atoms with Crippen LogP contribution in [0.15, 0.2) is 0 Å². The Balaban J connectivity index is 4.03. The topological polar surface area (TPSA) is 52.4 Å². The first-order valence-electron chi connectivity index (χ1n) is 3.62. The number of nitrogens with zero attached hydrogens (tertiary/aromatic N) is 1. The van der Waals surface area contributed by atoms with Crippen LogP contribution in [0.4, 0.5) is 4.39 Å². The largest absolute Gasteiger partial charge is 0.507 e. The zero-order chi connectivity index (χ0) is 10.5. The molecule has 0 amide bonds. The van der Waals surface area contributed by atoms with Gasteiger partial charge in [0.25, 0.3) is 5.05 Å². The summed E-state index contributed by atoms with van der Waals surface area (Å²) in [6.45, 7) is 2.03. The van der Waals surface area contributed by atoms with Gasteiger partial charge >= 0.3 is 5.25 Å². The van der Waals surface area contributed by atoms with Crippen molar-refractivity contribution >= 4 is 28.9 Å². The molecular formula is C6H9ClFNO3S. The van der Waals surface area contributed by atoms with Gasteiger partial charge < -0.3 is 4.74 Å². The number of alkyl halides is 2. The van der Waals surface area contributed by atoms with E-state index < -0.39 is 15.2 Å². The minimum absolute atomic E-state index is 0.140. The molecular weight excluding hydrogens is 221 g/mol. The Bertz CT molecular complexity index is 212. The molecule has 0 spiro atoms. The van der Waals surface area contributed by atoms with Crippen molar-refractivity contribution in [1.29, 1.82) is 0 Å². The van der Waals surface area contributed by atoms with E-state index in [1.807, 2.05) is 6.92 Å². The lowest BCUT2D eigenvalue weighted by Crippen LogP contribution is -2.36. The molecule has 0 aromatic carbocycles. The molecule has 0 rings (SSSR count). The Labute approximate surface area is 85.2 Å². The summed E-state index contributed by atoms with van der Waals surface area (Å²) < 4.78 is 17.4. The second-order valence-corrected chi connectivity index (χ2v) is 3.16. The van der Waals surface area contributed by atoms with Crippen LogP contribution in [0.1, 0.15) is 19.8 Å². The summed E-state index contributed by atoms with van der Waals surface area (Å²) in [5, 5.41) is 5.90. The summed E-state index contributed by atoms with van der Waals surface area (Å²) >= 11 is 9.18. The van der Waals surface area contributed by atoms with Crippen LogP contribution in [0.2, 0.25) is 0 Å². The van der Waals surface area contributed by atoms with Gasteiger partial charge in [-0.1, -0.05) is 13.3 Å². The van der Waals surface area contributed by atoms with E-state index in [0.717, 1.165) is 6.42 Å². The fourth-order valence-corrected chi connectivity index (χ4v) is 0.683. The molecule has 0 aliphatic rings. The zero-order valence-corrected chi connectivity index (χ0v) is 8.53. The van der Waals surface area contributed by atoms with Crippen LogP contribution in [0.5, 0.6) is 0 Å². The molecule has 0 bridgehead atoms. The fourth-order valence-electron chi connectivity index (χ4n) is 0.471. The molecule has 0 saturated carbocycles. The van der Waals surface area contributed by atoms with Gasteiger partial charge in [0.05, 0.1) is 11.5 Å². The molecule has 76 valence electrons. The summed E-state index contributed by atoms with van der Waals surface area (Å²) in [5.41, 5.74) is 0. The molecule has 0 heterocycles. The van der Waals surface area contributed by atoms with Gasteiger partial charge in [0.1, 0.15) is 0 Å². The zero-order valence-electron chi connectivity index (χ0n) is 6.96. The van der Waals surface area contributed by atoms with E-state index in [1.54, 1.807) is 0 Å². The maximum Gasteiger partial charge on any atom is 0.507 e. The van der Waals surface area contributed by atoms with E-state index in [0.29, 0.717) is 6.42 Å². The molecule has 1 atom stereocenters. The third-order valence-electron chi connectivity index (χ3n) is 1.21. The van der Waals surface area contributed by atoms with Crippen LogP contribution in [0.25, 0.3) is 0 Å². The Kier molecular flexibility index (Phi) is 5.09. The summed E-state index contributed by atoms with van der Waals surface area (Å²) in [7, 11) is 0. The number of unbranched alkanes of at least 4 members (excludes halogenated alkanes) is 1. The standard InChI is InChI=1S/C6H9ClFNO3S/c1-2-3-4-12-5(13)6(7,8)9(10)11/h2-4H2,1H3. The van der Waals surface area contributed by atoms with Gasteiger partial charge in [-0.05, 0) is 18.6 Å². The van der Waals surface area contributed by atoms with Crippen molar-refractivity contribution in [3.63, 3.8) is 0 Å². The van der Waals surface area contributed by atoms with E-state index in [1.165, 1.54) is 0 Å². The molecule has 13 heavy (non-hydrogen) atoms. The smallest absolute Gasteiger partial charge is 0.478 e. The molecule has 0 aromatic rings. The maximum absolute atomic E-state index is 12.8. The lowest BCUT2D eigenvalue weighted by Gasteiger charge is -2.10. The van der Waals surface area contributed by atoms with E-state index in [4.69, 9.17) is 11.6 Å². The van der Waals surface area contributed by atoms with Crippen molar-refractivity contribution in [3.8, 4) is 0 Å². The lowest BCUT2D eigenvalue weighted by molar-refractivity contribution is -0.553. The highest BCUT2D eigenvalue weighted by molar-refractivity contribution is 7.80. The van der Waals surface area contributed by atoms with Gasteiger partial charge in [-0.15, -0.1) is 4.39 Å². The lowest BCUT2D eigenvalue weighted by atomic mass is 10.4. The van der Waals surface area contributed by atoms with Crippen molar-refractivity contribution in [1.82, 2.24) is 0 Å². The predicted octanol–water partition coefficient (Wildman–Crippen LogP) is 2.27. The van der Waals surface area contributed by atoms with E-state index >= 15 is 0 Å². The number of hydrogen-bond donors (Lipinski definition) is 0. The fraction of sp³-hybridized carbons (Fsp3) is 0.833. The molecule has 0 radical (unpaired) electrons. The Morgan fingerprint density at radius 1 is 1.85 bits per heavy atom. The first kappa shape index (κ1) is 12.5. The number of thiocarbonyl (C=S) groups is 1. The number of halogens is 2. The van der Waals surface area contributed by atoms with E-state index in [-0.39, 0.29) is 6.61 Å². The van der Waals surface area contributed by atoms with Crippen LogP contribution < -0.4 is 0 Å². The molecule has 1 unspecified atom stereocenters. The molecule has 0 aliphatic heterocycles. The average molecular weight is 230 g/mol. The first-order valence-corrected chi connectivity index (χ1v) is 4.41. The molecule has 0 aliphatic carbocycles. The van der Waals surface area contributed by atoms with Gasteiger partial charge in [-0.25, -0.2) is 0 Å². The van der Waals surface area contributed by atoms with Crippen LogP contribution in [0.3, 0.4) is 0 Å². The summed E-state index contributed by atoms with van der Waals surface area (Å²) in [4.78, 5) is 8.70. The number of nitro groups is 1. The molecule has 0 N–H and O–H groups in total. The van der Waals surface area contributed by atoms with Crippen LogP contribution in [0, 0.1) is 10.1 Å². The highest BCUT2D eigenvalue weighted by Gasteiger charge is 2.48. The first-order chi connectivity index (χ1) is 5.92. The van der Waals surface area contributed by atoms with Gasteiger partial charge in [-0.2, -0.15) is 0 Å². The summed E-state index contributed by atoms with van der Waals surface area (Å²) in [6, 6.07) is 0. The molecule has 0 saturated heterocycles. The van der Waals surface area contributed by atoms with Crippen molar-refractivity contribution in [3.05, 3.63) is 10.1 Å². The molecule has 7 heteroatoms. The number of ether oxygens (including phenoxy) is 1. The summed E-state index contributed by atoms with van der Waals surface area (Å²) in [6.07, 6.45) is 1.47. The minimum Gasteiger partial charge on any atom is -0.478 e. The van der Waals surface area contributed by atoms with Crippen LogP contribution in [-0.2, 0) is 4.74 Å². The summed E-state index contributed by atoms with van der Waals surface area (Å²) in [5.74, 6) is 0. The van der Waals surface area contributed by atoms with Gasteiger partial charge in [0.15, 0.2) is 0 Å². The second-order valence-electron chi connectivity index (χ2n) is 2.29. The predicted molar refractivity (Wildman–Crippen MR) is 50.1 cm³/mol. The van der Waals surface area contributed by atoms with Crippen molar-refractivity contribution in [2.45, 2.75) is 25.0 Å². The number of rotatable bonds is 5. The van der Waals surface area contributed by atoms with E-state index in [9.17, 15) is 14.5 Å². The second kappa shape index (κ2) is 5.29. The maximum atomic E-state index is 12.8. The molecule has 0 aromatic heterocycles. The molecule has 0 fully saturated rings. The van der Waals surface area contributed by atoms with Crippen molar-refractivity contribution < 1.29 is 14.1 Å². The normalized spacial score (nSPS) is 14.7. The van der Waals surface area contributed by atoms with Crippen LogP contribution >= 0.6 is 23.8 Å². The average Bonchev–Trinajstić information content (AvgIpc) is 2.04. The third-order valence-corrected chi connectivity index (χ3v) is 2.02. The van der Waals surface area contributed by atoms with Crippen molar-refractivity contribution in [2.24, 2.45) is 0 Å². The number of hydrogen-bond acceptors (Lipinski definition) is 4. The highest BCUT2D eigenvalue weighted by atomic mass is 35.5. The third kappa shape index (κ3) is 3.82. The quantitative estimate of drug-likeness (QED) is 0.181. The van der Waals surface area contributed by atoms with Gasteiger partial charge in [-0.3, -0.25) is 10.1 Å². The monoisotopic (exact) mass is 229 g/mol. The molecule has 4 nitrogen and oxygen atoms in total.